The summed E-state index contributed by atoms with van der Waals surface area (Å²) >= 11 is 0. The van der Waals surface area contributed by atoms with Gasteiger partial charge in [0.05, 0.1) is 41.3 Å². The SMILES string of the molecule is C[C@H](/C=C/CC(=O)N(CCO)Cc1ccccc1)[C@@]1(O)C(=O)N(Cc2cccc(N3C(=O)c4cccc5cccc3c45)c2)c2ccc(N3C(=O)c4cccc5cccc3c45)cc21. The molecule has 10 heteroatoms. The predicted molar refractivity (Wildman–Crippen MR) is 241 cm³/mol. The lowest BCUT2D eigenvalue weighted by Crippen LogP contribution is -2.44. The fourth-order valence-corrected chi connectivity index (χ4v) is 9.41. The molecule has 0 saturated heterocycles. The molecule has 7 aromatic rings. The summed E-state index contributed by atoms with van der Waals surface area (Å²) in [6.07, 6.45) is 3.34. The largest absolute Gasteiger partial charge is 0.395 e. The smallest absolute Gasteiger partial charge is 0.264 e. The van der Waals surface area contributed by atoms with Crippen molar-refractivity contribution >= 4 is 73.6 Å². The number of hydrogen-bond donors (Lipinski definition) is 2. The van der Waals surface area contributed by atoms with Gasteiger partial charge in [-0.1, -0.05) is 110 Å². The molecule has 62 heavy (non-hydrogen) atoms. The van der Waals surface area contributed by atoms with Crippen molar-refractivity contribution in [3.8, 4) is 0 Å². The fraction of sp³-hybridized carbons (Fsp3) is 0.154. The van der Waals surface area contributed by atoms with E-state index in [9.17, 15) is 29.4 Å². The zero-order chi connectivity index (χ0) is 42.7. The van der Waals surface area contributed by atoms with Crippen LogP contribution in [0.5, 0.6) is 0 Å². The predicted octanol–water partition coefficient (Wildman–Crippen LogP) is 8.91. The van der Waals surface area contributed by atoms with Crippen molar-refractivity contribution in [2.45, 2.75) is 32.0 Å². The van der Waals surface area contributed by atoms with Crippen molar-refractivity contribution in [3.05, 3.63) is 186 Å². The Hall–Kier alpha value is -7.40. The molecule has 10 nitrogen and oxygen atoms in total. The van der Waals surface area contributed by atoms with Crippen molar-refractivity contribution in [2.75, 3.05) is 27.9 Å². The zero-order valence-electron chi connectivity index (χ0n) is 33.9. The van der Waals surface area contributed by atoms with Crippen LogP contribution in [0.25, 0.3) is 21.5 Å². The molecule has 0 aromatic heterocycles. The molecule has 2 N–H and O–H groups in total. The average molecular weight is 819 g/mol. The Kier molecular flexibility index (Phi) is 9.54. The third-order valence-corrected chi connectivity index (χ3v) is 12.4. The molecule has 3 aliphatic heterocycles. The highest BCUT2D eigenvalue weighted by atomic mass is 16.3. The highest BCUT2D eigenvalue weighted by molar-refractivity contribution is 6.29. The van der Waals surface area contributed by atoms with Gasteiger partial charge in [0, 0.05) is 53.1 Å². The molecule has 2 atom stereocenters. The first-order chi connectivity index (χ1) is 30.2. The van der Waals surface area contributed by atoms with E-state index < -0.39 is 17.4 Å². The van der Waals surface area contributed by atoms with Crippen molar-refractivity contribution in [1.29, 1.82) is 0 Å². The van der Waals surface area contributed by atoms with Gasteiger partial charge in [-0.3, -0.25) is 29.0 Å². The Morgan fingerprint density at radius 2 is 1.26 bits per heavy atom. The molecular weight excluding hydrogens is 777 g/mol. The summed E-state index contributed by atoms with van der Waals surface area (Å²) in [4.78, 5) is 62.7. The molecule has 0 unspecified atom stereocenters. The van der Waals surface area contributed by atoms with Gasteiger partial charge in [0.2, 0.25) is 5.91 Å². The molecular formula is C52H42N4O6. The Bertz CT molecular complexity index is 3010. The van der Waals surface area contributed by atoms with Crippen molar-refractivity contribution in [1.82, 2.24) is 4.90 Å². The minimum Gasteiger partial charge on any atom is -0.395 e. The first kappa shape index (κ1) is 38.8. The van der Waals surface area contributed by atoms with Crippen LogP contribution in [0, 0.1) is 5.92 Å². The quantitative estimate of drug-likeness (QED) is 0.119. The van der Waals surface area contributed by atoms with Crippen molar-refractivity contribution < 1.29 is 29.4 Å². The molecule has 306 valence electrons. The van der Waals surface area contributed by atoms with Gasteiger partial charge in [0.25, 0.3) is 17.7 Å². The number of aliphatic hydroxyl groups is 2. The summed E-state index contributed by atoms with van der Waals surface area (Å²) in [6, 6.07) is 45.3. The lowest BCUT2D eigenvalue weighted by Gasteiger charge is -2.28. The van der Waals surface area contributed by atoms with Crippen LogP contribution in [0.4, 0.5) is 28.4 Å². The van der Waals surface area contributed by atoms with E-state index in [1.165, 1.54) is 0 Å². The zero-order valence-corrected chi connectivity index (χ0v) is 33.9. The number of benzene rings is 7. The molecule has 0 fully saturated rings. The number of amides is 4. The number of fused-ring (bicyclic) bond motifs is 1. The molecule has 7 aromatic carbocycles. The van der Waals surface area contributed by atoms with E-state index >= 15 is 0 Å². The van der Waals surface area contributed by atoms with Gasteiger partial charge in [-0.2, -0.15) is 0 Å². The van der Waals surface area contributed by atoms with E-state index in [1.807, 2.05) is 127 Å². The van der Waals surface area contributed by atoms with Gasteiger partial charge in [-0.15, -0.1) is 0 Å². The minimum absolute atomic E-state index is 0.0117. The number of anilines is 5. The average Bonchev–Trinajstić information content (AvgIpc) is 3.83. The summed E-state index contributed by atoms with van der Waals surface area (Å²) < 4.78 is 0. The Morgan fingerprint density at radius 3 is 1.89 bits per heavy atom. The number of aliphatic hydroxyl groups excluding tert-OH is 1. The molecule has 3 heterocycles. The van der Waals surface area contributed by atoms with E-state index in [-0.39, 0.29) is 43.8 Å². The summed E-state index contributed by atoms with van der Waals surface area (Å²) in [5, 5.41) is 26.2. The van der Waals surface area contributed by atoms with E-state index in [0.717, 1.165) is 38.4 Å². The maximum Gasteiger partial charge on any atom is 0.264 e. The number of carbonyl (C=O) groups excluding carboxylic acids is 4. The minimum atomic E-state index is -2.08. The Balaban J connectivity index is 0.991. The second kappa shape index (κ2) is 15.3. The summed E-state index contributed by atoms with van der Waals surface area (Å²) in [5.41, 5.74) is 4.26. The monoisotopic (exact) mass is 818 g/mol. The lowest BCUT2D eigenvalue weighted by molar-refractivity contribution is -0.139. The first-order valence-electron chi connectivity index (χ1n) is 20.8. The van der Waals surface area contributed by atoms with Crippen LogP contribution in [0.3, 0.4) is 0 Å². The van der Waals surface area contributed by atoms with Crippen LogP contribution in [-0.2, 0) is 28.3 Å². The Morgan fingerprint density at radius 1 is 0.677 bits per heavy atom. The molecule has 10 rings (SSSR count). The van der Waals surface area contributed by atoms with Gasteiger partial charge in [0.15, 0.2) is 5.60 Å². The topological polar surface area (TPSA) is 122 Å². The number of hydrogen-bond acceptors (Lipinski definition) is 6. The number of nitrogens with zero attached hydrogens (tertiary/aromatic N) is 4. The van der Waals surface area contributed by atoms with Crippen LogP contribution in [0.1, 0.15) is 50.8 Å². The van der Waals surface area contributed by atoms with Crippen LogP contribution in [-0.4, -0.2) is 51.9 Å². The van der Waals surface area contributed by atoms with E-state index in [2.05, 4.69) is 0 Å². The second-order valence-corrected chi connectivity index (χ2v) is 16.1. The highest BCUT2D eigenvalue weighted by Crippen LogP contribution is 2.50. The van der Waals surface area contributed by atoms with Gasteiger partial charge in [-0.05, 0) is 76.5 Å². The molecule has 3 aliphatic rings. The van der Waals surface area contributed by atoms with E-state index in [0.29, 0.717) is 46.0 Å². The van der Waals surface area contributed by atoms with E-state index in [1.54, 1.807) is 56.9 Å². The summed E-state index contributed by atoms with van der Waals surface area (Å²) in [7, 11) is 0. The van der Waals surface area contributed by atoms with Crippen LogP contribution in [0.2, 0.25) is 0 Å². The van der Waals surface area contributed by atoms with Crippen LogP contribution >= 0.6 is 0 Å². The van der Waals surface area contributed by atoms with Crippen molar-refractivity contribution in [2.24, 2.45) is 5.92 Å². The molecule has 0 saturated carbocycles. The molecule has 0 aliphatic carbocycles. The number of carbonyl (C=O) groups is 4. The molecule has 0 radical (unpaired) electrons. The normalized spacial score (nSPS) is 17.0. The standard InChI is InChI=1S/C52H42N4O6/c1-33(11-5-24-46(58)53(27-28-57)31-34-12-3-2-4-13-34)52(62)42-30-39(56-45-23-10-18-37-16-8-21-41(48(37)45)50(56)60)25-26-43(42)54(51(52)61)32-35-14-6-19-38(29-35)55-44-22-9-17-36-15-7-20-40(47(36)44)49(55)59/h2-23,25-26,29-30,33,57,62H,24,27-28,31-32H2,1H3/b11-5+/t33-,52+/m1/s1. The lowest BCUT2D eigenvalue weighted by atomic mass is 9.82. The fourth-order valence-electron chi connectivity index (χ4n) is 9.41. The maximum absolute atomic E-state index is 14.9. The van der Waals surface area contributed by atoms with Crippen LogP contribution < -0.4 is 14.7 Å². The first-order valence-corrected chi connectivity index (χ1v) is 20.8. The van der Waals surface area contributed by atoms with Crippen molar-refractivity contribution in [3.63, 3.8) is 0 Å². The van der Waals surface area contributed by atoms with Gasteiger partial charge < -0.3 is 20.0 Å². The third kappa shape index (κ3) is 6.17. The molecule has 0 spiro atoms. The van der Waals surface area contributed by atoms with Gasteiger partial charge >= 0.3 is 0 Å². The maximum atomic E-state index is 14.9. The Labute approximate surface area is 358 Å². The summed E-state index contributed by atoms with van der Waals surface area (Å²) in [6.45, 7) is 2.12. The molecule has 4 amide bonds. The number of rotatable bonds is 12. The third-order valence-electron chi connectivity index (χ3n) is 12.4. The van der Waals surface area contributed by atoms with Gasteiger partial charge in [-0.25, -0.2) is 0 Å². The van der Waals surface area contributed by atoms with Gasteiger partial charge in [0.1, 0.15) is 0 Å². The van der Waals surface area contributed by atoms with Crippen LogP contribution in [0.15, 0.2) is 158 Å². The second-order valence-electron chi connectivity index (χ2n) is 16.1. The highest BCUT2D eigenvalue weighted by Gasteiger charge is 2.53. The molecule has 0 bridgehead atoms. The van der Waals surface area contributed by atoms with E-state index in [4.69, 9.17) is 0 Å². The summed E-state index contributed by atoms with van der Waals surface area (Å²) in [5.74, 6) is -1.92.